The lowest BCUT2D eigenvalue weighted by Gasteiger charge is -1.96. The van der Waals surface area contributed by atoms with Crippen LogP contribution in [0.3, 0.4) is 0 Å². The maximum atomic E-state index is 10.5. The molecule has 0 aliphatic rings. The Labute approximate surface area is 89.6 Å². The third kappa shape index (κ3) is 1.97. The van der Waals surface area contributed by atoms with Crippen molar-refractivity contribution >= 4 is 16.3 Å². The first-order valence-corrected chi connectivity index (χ1v) is 5.02. The van der Waals surface area contributed by atoms with Crippen LogP contribution >= 0.6 is 11.3 Å². The molecule has 4 nitrogen and oxygen atoms in total. The zero-order valence-electron chi connectivity index (χ0n) is 7.58. The Morgan fingerprint density at radius 2 is 2.07 bits per heavy atom. The van der Waals surface area contributed by atoms with E-state index in [1.807, 2.05) is 0 Å². The van der Waals surface area contributed by atoms with E-state index in [4.69, 9.17) is 0 Å². The summed E-state index contributed by atoms with van der Waals surface area (Å²) < 4.78 is 0. The van der Waals surface area contributed by atoms with Gasteiger partial charge in [-0.2, -0.15) is 0 Å². The molecule has 0 amide bonds. The highest BCUT2D eigenvalue weighted by molar-refractivity contribution is 7.18. The van der Waals surface area contributed by atoms with E-state index in [-0.39, 0.29) is 10.8 Å². The first-order chi connectivity index (χ1) is 7.16. The largest absolute Gasteiger partial charge is 0.508 e. The number of phenols is 1. The van der Waals surface area contributed by atoms with Gasteiger partial charge >= 0.3 is 5.00 Å². The van der Waals surface area contributed by atoms with Gasteiger partial charge in [-0.15, -0.1) is 0 Å². The van der Waals surface area contributed by atoms with Crippen molar-refractivity contribution in [3.63, 3.8) is 0 Å². The number of benzene rings is 1. The van der Waals surface area contributed by atoms with Crippen LogP contribution in [0.1, 0.15) is 0 Å². The predicted molar refractivity (Wildman–Crippen MR) is 58.1 cm³/mol. The van der Waals surface area contributed by atoms with Crippen molar-refractivity contribution in [2.24, 2.45) is 0 Å². The lowest BCUT2D eigenvalue weighted by atomic mass is 10.2. The van der Waals surface area contributed by atoms with Gasteiger partial charge in [0.15, 0.2) is 0 Å². The average molecular weight is 221 g/mol. The summed E-state index contributed by atoms with van der Waals surface area (Å²) in [6, 6.07) is 9.79. The smallest absolute Gasteiger partial charge is 0.324 e. The van der Waals surface area contributed by atoms with Gasteiger partial charge in [-0.25, -0.2) is 0 Å². The van der Waals surface area contributed by atoms with Crippen molar-refractivity contribution in [3.8, 4) is 16.2 Å². The van der Waals surface area contributed by atoms with Gasteiger partial charge in [-0.05, 0) is 23.8 Å². The molecule has 5 heteroatoms. The molecule has 0 radical (unpaired) electrons. The van der Waals surface area contributed by atoms with Crippen LogP contribution in [-0.4, -0.2) is 10.0 Å². The van der Waals surface area contributed by atoms with Gasteiger partial charge in [0.1, 0.15) is 5.75 Å². The monoisotopic (exact) mass is 221 g/mol. The van der Waals surface area contributed by atoms with Crippen molar-refractivity contribution in [1.82, 2.24) is 0 Å². The van der Waals surface area contributed by atoms with E-state index < -0.39 is 4.92 Å². The van der Waals surface area contributed by atoms with E-state index in [0.717, 1.165) is 21.8 Å². The summed E-state index contributed by atoms with van der Waals surface area (Å²) in [5, 5.41) is 19.8. The third-order valence-electron chi connectivity index (χ3n) is 1.90. The van der Waals surface area contributed by atoms with Crippen molar-refractivity contribution in [2.75, 3.05) is 0 Å². The summed E-state index contributed by atoms with van der Waals surface area (Å²) in [4.78, 5) is 10.8. The van der Waals surface area contributed by atoms with Gasteiger partial charge in [0, 0.05) is 10.9 Å². The minimum absolute atomic E-state index is 0.105. The minimum Gasteiger partial charge on any atom is -0.508 e. The molecule has 1 heterocycles. The summed E-state index contributed by atoms with van der Waals surface area (Å²) in [6.45, 7) is 0. The minimum atomic E-state index is -0.420. The summed E-state index contributed by atoms with van der Waals surface area (Å²) >= 11 is 1.09. The first kappa shape index (κ1) is 9.67. The number of phenolic OH excluding ortho intramolecular Hbond substituents is 1. The van der Waals surface area contributed by atoms with Gasteiger partial charge in [-0.3, -0.25) is 10.1 Å². The van der Waals surface area contributed by atoms with Crippen LogP contribution in [0, 0.1) is 10.1 Å². The Morgan fingerprint density at radius 3 is 2.67 bits per heavy atom. The fourth-order valence-corrected chi connectivity index (χ4v) is 2.06. The molecule has 2 aromatic rings. The second kappa shape index (κ2) is 3.70. The molecule has 76 valence electrons. The molecule has 0 saturated heterocycles. The maximum Gasteiger partial charge on any atom is 0.324 e. The summed E-state index contributed by atoms with van der Waals surface area (Å²) in [5.41, 5.74) is 0.785. The SMILES string of the molecule is O=[N+]([O-])c1ccc(-c2cccc(O)c2)s1. The average Bonchev–Trinajstić information content (AvgIpc) is 2.66. The number of aromatic hydroxyl groups is 1. The number of thiophene rings is 1. The van der Waals surface area contributed by atoms with E-state index in [9.17, 15) is 15.2 Å². The fraction of sp³-hybridized carbons (Fsp3) is 0. The molecule has 0 unspecified atom stereocenters. The predicted octanol–water partition coefficient (Wildman–Crippen LogP) is 3.03. The molecular weight excluding hydrogens is 214 g/mol. The van der Waals surface area contributed by atoms with Crippen LogP contribution in [0.25, 0.3) is 10.4 Å². The van der Waals surface area contributed by atoms with Crippen molar-refractivity contribution in [1.29, 1.82) is 0 Å². The molecule has 1 aromatic heterocycles. The fourth-order valence-electron chi connectivity index (χ4n) is 1.24. The lowest BCUT2D eigenvalue weighted by molar-refractivity contribution is -0.380. The second-order valence-electron chi connectivity index (χ2n) is 2.95. The Kier molecular flexibility index (Phi) is 2.39. The lowest BCUT2D eigenvalue weighted by Crippen LogP contribution is -1.80. The number of nitro groups is 1. The normalized spacial score (nSPS) is 10.1. The Balaban J connectivity index is 2.41. The Bertz CT molecular complexity index is 507. The van der Waals surface area contributed by atoms with Crippen LogP contribution in [-0.2, 0) is 0 Å². The Morgan fingerprint density at radius 1 is 1.27 bits per heavy atom. The van der Waals surface area contributed by atoms with E-state index in [0.29, 0.717) is 0 Å². The molecule has 0 fully saturated rings. The number of rotatable bonds is 2. The summed E-state index contributed by atoms with van der Waals surface area (Å²) in [5.74, 6) is 0.156. The highest BCUT2D eigenvalue weighted by Crippen LogP contribution is 2.33. The van der Waals surface area contributed by atoms with Crippen LogP contribution < -0.4 is 0 Å². The van der Waals surface area contributed by atoms with E-state index in [1.165, 1.54) is 6.07 Å². The summed E-state index contributed by atoms with van der Waals surface area (Å²) in [7, 11) is 0. The van der Waals surface area contributed by atoms with Gasteiger partial charge in [0.2, 0.25) is 0 Å². The first-order valence-electron chi connectivity index (χ1n) is 4.20. The maximum absolute atomic E-state index is 10.5. The molecule has 0 saturated carbocycles. The zero-order valence-corrected chi connectivity index (χ0v) is 8.40. The molecular formula is C10H7NO3S. The molecule has 1 N–H and O–H groups in total. The molecule has 0 aliphatic carbocycles. The van der Waals surface area contributed by atoms with E-state index in [2.05, 4.69) is 0 Å². The van der Waals surface area contributed by atoms with Gasteiger partial charge < -0.3 is 5.11 Å². The van der Waals surface area contributed by atoms with Crippen LogP contribution in [0.2, 0.25) is 0 Å². The number of nitrogens with zero attached hydrogens (tertiary/aromatic N) is 1. The van der Waals surface area contributed by atoms with Gasteiger partial charge in [-0.1, -0.05) is 23.5 Å². The molecule has 0 atom stereocenters. The molecule has 2 rings (SSSR count). The zero-order chi connectivity index (χ0) is 10.8. The van der Waals surface area contributed by atoms with Crippen molar-refractivity contribution < 1.29 is 10.0 Å². The highest BCUT2D eigenvalue weighted by Gasteiger charge is 2.10. The van der Waals surface area contributed by atoms with Crippen LogP contribution in [0.5, 0.6) is 5.75 Å². The highest BCUT2D eigenvalue weighted by atomic mass is 32.1. The molecule has 0 aliphatic heterocycles. The van der Waals surface area contributed by atoms with Crippen LogP contribution in [0.15, 0.2) is 36.4 Å². The second-order valence-corrected chi connectivity index (χ2v) is 4.01. The Hall–Kier alpha value is -1.88. The topological polar surface area (TPSA) is 63.4 Å². The molecule has 1 aromatic carbocycles. The summed E-state index contributed by atoms with van der Waals surface area (Å²) in [6.07, 6.45) is 0. The van der Waals surface area contributed by atoms with Crippen molar-refractivity contribution in [2.45, 2.75) is 0 Å². The van der Waals surface area contributed by atoms with E-state index >= 15 is 0 Å². The third-order valence-corrected chi connectivity index (χ3v) is 2.99. The number of hydrogen-bond donors (Lipinski definition) is 1. The quantitative estimate of drug-likeness (QED) is 0.626. The van der Waals surface area contributed by atoms with Crippen LogP contribution in [0.4, 0.5) is 5.00 Å². The van der Waals surface area contributed by atoms with Gasteiger partial charge in [0.05, 0.1) is 4.92 Å². The molecule has 0 spiro atoms. The number of hydrogen-bond acceptors (Lipinski definition) is 4. The van der Waals surface area contributed by atoms with Gasteiger partial charge in [0.25, 0.3) is 0 Å². The van der Waals surface area contributed by atoms with E-state index in [1.54, 1.807) is 30.3 Å². The van der Waals surface area contributed by atoms with Crippen molar-refractivity contribution in [3.05, 3.63) is 46.5 Å². The molecule has 0 bridgehead atoms. The standard InChI is InChI=1S/C10H7NO3S/c12-8-3-1-2-7(6-8)9-4-5-10(15-9)11(13)14/h1-6,12H. The molecule has 15 heavy (non-hydrogen) atoms.